The van der Waals surface area contributed by atoms with E-state index in [0.29, 0.717) is 38.5 Å². The van der Waals surface area contributed by atoms with E-state index in [1.807, 2.05) is 18.2 Å². The van der Waals surface area contributed by atoms with Gasteiger partial charge in [-0.25, -0.2) is 4.79 Å². The van der Waals surface area contributed by atoms with E-state index in [4.69, 9.17) is 0 Å². The number of carbonyl (C=O) groups excluding carboxylic acids is 1. The van der Waals surface area contributed by atoms with Gasteiger partial charge in [0.1, 0.15) is 0 Å². The van der Waals surface area contributed by atoms with Crippen molar-refractivity contribution >= 4 is 11.7 Å². The smallest absolute Gasteiger partial charge is 0.371 e. The van der Waals surface area contributed by atoms with Crippen molar-refractivity contribution in [3.8, 4) is 0 Å². The van der Waals surface area contributed by atoms with E-state index in [2.05, 4.69) is 27.7 Å². The van der Waals surface area contributed by atoms with Crippen molar-refractivity contribution in [3.05, 3.63) is 30.3 Å². The second kappa shape index (κ2) is 8.82. The fourth-order valence-electron chi connectivity index (χ4n) is 3.89. The number of hydrogen-bond acceptors (Lipinski definition) is 3. The minimum atomic E-state index is -4.16. The van der Waals surface area contributed by atoms with Crippen LogP contribution in [0, 0.1) is 11.8 Å². The van der Waals surface area contributed by atoms with E-state index in [1.165, 1.54) is 10.6 Å². The Morgan fingerprint density at radius 2 is 1.63 bits per heavy atom. The predicted molar refractivity (Wildman–Crippen MR) is 98.8 cm³/mol. The predicted octanol–water partition coefficient (Wildman–Crippen LogP) is 2.70. The summed E-state index contributed by atoms with van der Waals surface area (Å²) in [7, 11) is 0. The first kappa shape index (κ1) is 19.8. The van der Waals surface area contributed by atoms with Crippen LogP contribution in [0.15, 0.2) is 30.3 Å². The number of benzene rings is 1. The molecule has 1 aromatic carbocycles. The average Bonchev–Trinajstić information content (AvgIpc) is 3.27. The summed E-state index contributed by atoms with van der Waals surface area (Å²) in [6, 6.07) is 9.98. The lowest BCUT2D eigenvalue weighted by molar-refractivity contribution is -0.143. The third-order valence-corrected chi connectivity index (χ3v) is 5.28. The number of nitrogens with zero attached hydrogens (tertiary/aromatic N) is 2. The van der Waals surface area contributed by atoms with Crippen molar-refractivity contribution < 1.29 is 18.0 Å². The van der Waals surface area contributed by atoms with Gasteiger partial charge in [0, 0.05) is 38.4 Å². The molecule has 0 aromatic heterocycles. The molecule has 8 heteroatoms. The van der Waals surface area contributed by atoms with Crippen molar-refractivity contribution in [3.63, 3.8) is 0 Å². The van der Waals surface area contributed by atoms with Crippen LogP contribution in [0.3, 0.4) is 0 Å². The molecule has 27 heavy (non-hydrogen) atoms. The number of likely N-dealkylation sites (tertiary alicyclic amines) is 1. The van der Waals surface area contributed by atoms with Gasteiger partial charge in [0.15, 0.2) is 0 Å². The first-order chi connectivity index (χ1) is 12.9. The Bertz CT molecular complexity index is 611. The molecule has 2 amide bonds. The average molecular weight is 384 g/mol. The highest BCUT2D eigenvalue weighted by molar-refractivity contribution is 5.73. The molecule has 2 heterocycles. The Hall–Kier alpha value is -1.96. The van der Waals surface area contributed by atoms with Crippen LogP contribution in [0.2, 0.25) is 0 Å². The van der Waals surface area contributed by atoms with Gasteiger partial charge in [-0.2, -0.15) is 13.2 Å². The summed E-state index contributed by atoms with van der Waals surface area (Å²) in [4.78, 5) is 15.7. The zero-order valence-electron chi connectivity index (χ0n) is 15.3. The zero-order valence-corrected chi connectivity index (χ0v) is 15.3. The minimum Gasteiger partial charge on any atom is -0.371 e. The first-order valence-corrected chi connectivity index (χ1v) is 9.50. The number of urea groups is 1. The van der Waals surface area contributed by atoms with Gasteiger partial charge in [0.25, 0.3) is 0 Å². The number of rotatable bonds is 6. The summed E-state index contributed by atoms with van der Waals surface area (Å²) < 4.78 is 37.2. The molecule has 3 rings (SSSR count). The van der Waals surface area contributed by atoms with Crippen molar-refractivity contribution in [2.45, 2.75) is 19.0 Å². The Morgan fingerprint density at radius 1 is 1.00 bits per heavy atom. The molecule has 0 unspecified atom stereocenters. The lowest BCUT2D eigenvalue weighted by atomic mass is 10.1. The maximum atomic E-state index is 12.4. The molecule has 2 aliphatic rings. The summed E-state index contributed by atoms with van der Waals surface area (Å²) in [6.07, 6.45) is -2.44. The highest BCUT2D eigenvalue weighted by Gasteiger charge is 2.34. The van der Waals surface area contributed by atoms with Crippen LogP contribution in [0.25, 0.3) is 0 Å². The van der Waals surface area contributed by atoms with Crippen molar-refractivity contribution in [2.24, 2.45) is 11.8 Å². The van der Waals surface area contributed by atoms with E-state index < -0.39 is 12.7 Å². The number of para-hydroxylation sites is 1. The van der Waals surface area contributed by atoms with Crippen molar-refractivity contribution in [1.29, 1.82) is 0 Å². The number of carbonyl (C=O) groups is 1. The molecule has 2 fully saturated rings. The molecule has 2 aliphatic heterocycles. The molecule has 0 radical (unpaired) electrons. The van der Waals surface area contributed by atoms with Crippen LogP contribution >= 0.6 is 0 Å². The third kappa shape index (κ3) is 6.30. The van der Waals surface area contributed by atoms with E-state index in [9.17, 15) is 18.0 Å². The lowest BCUT2D eigenvalue weighted by Gasteiger charge is -2.19. The van der Waals surface area contributed by atoms with Crippen LogP contribution < -0.4 is 15.5 Å². The molecular formula is C19H27F3N4O. The first-order valence-electron chi connectivity index (χ1n) is 9.50. The van der Waals surface area contributed by atoms with Gasteiger partial charge in [-0.05, 0) is 43.4 Å². The number of halogens is 3. The monoisotopic (exact) mass is 384 g/mol. The molecule has 0 spiro atoms. The van der Waals surface area contributed by atoms with Gasteiger partial charge in [-0.3, -0.25) is 4.90 Å². The number of amides is 2. The maximum absolute atomic E-state index is 12.4. The van der Waals surface area contributed by atoms with E-state index in [1.54, 1.807) is 0 Å². The van der Waals surface area contributed by atoms with Gasteiger partial charge >= 0.3 is 12.2 Å². The Labute approximate surface area is 157 Å². The van der Waals surface area contributed by atoms with Crippen molar-refractivity contribution in [2.75, 3.05) is 50.7 Å². The Kier molecular flexibility index (Phi) is 6.46. The normalized spacial score (nSPS) is 23.6. The third-order valence-electron chi connectivity index (χ3n) is 5.28. The summed E-state index contributed by atoms with van der Waals surface area (Å²) >= 11 is 0. The number of anilines is 1. The summed E-state index contributed by atoms with van der Waals surface area (Å²) in [5.74, 6) is 0.489. The standard InChI is InChI=1S/C19H27F3N4O/c20-19(21,22)14-25-8-6-15(12-25)10-23-18(27)24-11-16-7-9-26(13-16)17-4-2-1-3-5-17/h1-5,15-16H,6-14H2,(H2,23,24,27)/t15-,16+/m1/s1. The molecule has 2 N–H and O–H groups in total. The lowest BCUT2D eigenvalue weighted by Crippen LogP contribution is -2.41. The highest BCUT2D eigenvalue weighted by Crippen LogP contribution is 2.23. The van der Waals surface area contributed by atoms with E-state index >= 15 is 0 Å². The minimum absolute atomic E-state index is 0.0816. The summed E-state index contributed by atoms with van der Waals surface area (Å²) in [5.41, 5.74) is 1.20. The molecular weight excluding hydrogens is 357 g/mol. The number of nitrogens with one attached hydrogen (secondary N) is 2. The molecule has 0 saturated carbocycles. The highest BCUT2D eigenvalue weighted by atomic mass is 19.4. The van der Waals surface area contributed by atoms with Crippen LogP contribution in [0.5, 0.6) is 0 Å². The van der Waals surface area contributed by atoms with Crippen LogP contribution in [-0.4, -0.2) is 62.9 Å². The molecule has 5 nitrogen and oxygen atoms in total. The van der Waals surface area contributed by atoms with Gasteiger partial charge in [0.05, 0.1) is 6.54 Å². The quantitative estimate of drug-likeness (QED) is 0.793. The van der Waals surface area contributed by atoms with Gasteiger partial charge in [0.2, 0.25) is 0 Å². The maximum Gasteiger partial charge on any atom is 0.401 e. The van der Waals surface area contributed by atoms with Crippen LogP contribution in [0.1, 0.15) is 12.8 Å². The molecule has 0 aliphatic carbocycles. The Balaban J connectivity index is 1.31. The van der Waals surface area contributed by atoms with E-state index in [-0.39, 0.29) is 11.9 Å². The zero-order chi connectivity index (χ0) is 19.3. The summed E-state index contributed by atoms with van der Waals surface area (Å²) in [6.45, 7) is 2.88. The van der Waals surface area contributed by atoms with Gasteiger partial charge < -0.3 is 15.5 Å². The SMILES string of the molecule is O=C(NC[C@H]1CCN(CC(F)(F)F)C1)NC[C@@H]1CCN(c2ccccc2)C1. The van der Waals surface area contributed by atoms with Crippen LogP contribution in [-0.2, 0) is 0 Å². The molecule has 150 valence electrons. The molecule has 1 aromatic rings. The molecule has 0 bridgehead atoms. The fourth-order valence-corrected chi connectivity index (χ4v) is 3.89. The van der Waals surface area contributed by atoms with Gasteiger partial charge in [-0.15, -0.1) is 0 Å². The number of hydrogen-bond donors (Lipinski definition) is 2. The fraction of sp³-hybridized carbons (Fsp3) is 0.632. The summed E-state index contributed by atoms with van der Waals surface area (Å²) in [5, 5.41) is 5.70. The molecule has 2 saturated heterocycles. The Morgan fingerprint density at radius 3 is 2.30 bits per heavy atom. The number of alkyl halides is 3. The second-order valence-electron chi connectivity index (χ2n) is 7.53. The van der Waals surface area contributed by atoms with E-state index in [0.717, 1.165) is 19.5 Å². The second-order valence-corrected chi connectivity index (χ2v) is 7.53. The van der Waals surface area contributed by atoms with Crippen LogP contribution in [0.4, 0.5) is 23.7 Å². The molecule has 2 atom stereocenters. The van der Waals surface area contributed by atoms with Crippen molar-refractivity contribution in [1.82, 2.24) is 15.5 Å². The largest absolute Gasteiger partial charge is 0.401 e. The topological polar surface area (TPSA) is 47.6 Å². The van der Waals surface area contributed by atoms with Gasteiger partial charge in [-0.1, -0.05) is 18.2 Å².